The molecule has 0 aromatic carbocycles. The largest absolute Gasteiger partial charge is 0.477 e. The highest BCUT2D eigenvalue weighted by atomic mass is 16.5. The van der Waals surface area contributed by atoms with Crippen molar-refractivity contribution < 1.29 is 4.74 Å². The first-order valence-electron chi connectivity index (χ1n) is 6.86. The smallest absolute Gasteiger partial charge is 0.224 e. The van der Waals surface area contributed by atoms with Gasteiger partial charge >= 0.3 is 0 Å². The van der Waals surface area contributed by atoms with Crippen LogP contribution < -0.4 is 4.74 Å². The Bertz CT molecular complexity index is 606. The van der Waals surface area contributed by atoms with E-state index < -0.39 is 0 Å². The van der Waals surface area contributed by atoms with E-state index in [0.717, 1.165) is 23.6 Å². The lowest BCUT2D eigenvalue weighted by Gasteiger charge is -2.07. The molecule has 0 amide bonds. The van der Waals surface area contributed by atoms with Crippen LogP contribution in [0.1, 0.15) is 29.8 Å². The quantitative estimate of drug-likeness (QED) is 0.835. The molecule has 1 aliphatic carbocycles. The molecule has 0 radical (unpaired) electrons. The maximum atomic E-state index is 5.81. The molecule has 4 heteroatoms. The second-order valence-corrected chi connectivity index (χ2v) is 5.05. The average Bonchev–Trinajstić information content (AvgIpc) is 3.29. The molecule has 0 saturated heterocycles. The van der Waals surface area contributed by atoms with E-state index in [-0.39, 0.29) is 0 Å². The van der Waals surface area contributed by atoms with Gasteiger partial charge < -0.3 is 4.74 Å². The Morgan fingerprint density at radius 3 is 2.95 bits per heavy atom. The molecule has 0 bridgehead atoms. The normalized spacial score (nSPS) is 14.7. The lowest BCUT2D eigenvalue weighted by molar-refractivity contribution is 0.286. The van der Waals surface area contributed by atoms with Crippen LogP contribution in [0.5, 0.6) is 5.88 Å². The number of aryl methyl sites for hydroxylation is 1. The Morgan fingerprint density at radius 1 is 1.30 bits per heavy atom. The van der Waals surface area contributed by atoms with Crippen LogP contribution in [0.15, 0.2) is 30.7 Å². The number of rotatable bonds is 5. The fraction of sp³-hybridized carbons (Fsp3) is 0.312. The first-order chi connectivity index (χ1) is 9.81. The van der Waals surface area contributed by atoms with E-state index in [1.165, 1.54) is 12.8 Å². The molecule has 2 heterocycles. The van der Waals surface area contributed by atoms with E-state index >= 15 is 0 Å². The molecule has 2 aromatic heterocycles. The van der Waals surface area contributed by atoms with Gasteiger partial charge in [0.15, 0.2) is 0 Å². The molecule has 0 aliphatic heterocycles. The Balaban J connectivity index is 1.78. The van der Waals surface area contributed by atoms with Crippen LogP contribution in [0.25, 0.3) is 12.2 Å². The highest BCUT2D eigenvalue weighted by Crippen LogP contribution is 2.30. The first-order valence-corrected chi connectivity index (χ1v) is 6.86. The molecule has 1 fully saturated rings. The predicted molar refractivity (Wildman–Crippen MR) is 78.2 cm³/mol. The van der Waals surface area contributed by atoms with Crippen molar-refractivity contribution in [1.82, 2.24) is 15.0 Å². The van der Waals surface area contributed by atoms with Crippen molar-refractivity contribution in [2.45, 2.75) is 19.8 Å². The summed E-state index contributed by atoms with van der Waals surface area (Å²) in [6, 6.07) is 3.92. The van der Waals surface area contributed by atoms with Crippen molar-refractivity contribution in [3.8, 4) is 5.88 Å². The number of ether oxygens (including phenoxy) is 1. The van der Waals surface area contributed by atoms with Gasteiger partial charge in [-0.25, -0.2) is 4.98 Å². The van der Waals surface area contributed by atoms with E-state index in [1.807, 2.05) is 37.4 Å². The van der Waals surface area contributed by atoms with E-state index in [2.05, 4.69) is 15.0 Å². The van der Waals surface area contributed by atoms with Crippen LogP contribution in [0.2, 0.25) is 0 Å². The molecule has 2 aromatic rings. The lowest BCUT2D eigenvalue weighted by Crippen LogP contribution is -2.04. The third kappa shape index (κ3) is 3.41. The molecule has 20 heavy (non-hydrogen) atoms. The molecule has 3 rings (SSSR count). The van der Waals surface area contributed by atoms with Crippen LogP contribution in [-0.2, 0) is 0 Å². The second kappa shape index (κ2) is 5.82. The first kappa shape index (κ1) is 12.8. The maximum Gasteiger partial charge on any atom is 0.224 e. The number of pyridine rings is 1. The summed E-state index contributed by atoms with van der Waals surface area (Å²) in [5.74, 6) is 2.11. The van der Waals surface area contributed by atoms with Crippen molar-refractivity contribution in [3.63, 3.8) is 0 Å². The number of nitrogens with zero attached hydrogens (tertiary/aromatic N) is 3. The van der Waals surface area contributed by atoms with E-state index in [0.29, 0.717) is 11.8 Å². The summed E-state index contributed by atoms with van der Waals surface area (Å²) in [4.78, 5) is 12.7. The summed E-state index contributed by atoms with van der Waals surface area (Å²) in [5.41, 5.74) is 1.95. The highest BCUT2D eigenvalue weighted by Gasteiger charge is 2.22. The standard InChI is InChI=1S/C16H17N3O/c1-12-18-10-15(7-6-13-3-2-8-17-9-13)16(19-12)20-11-14-4-5-14/h2-3,6-10,14H,4-5,11H2,1H3/b7-6+. The third-order valence-electron chi connectivity index (χ3n) is 3.19. The van der Waals surface area contributed by atoms with Crippen LogP contribution in [-0.4, -0.2) is 21.6 Å². The Labute approximate surface area is 118 Å². The van der Waals surface area contributed by atoms with Crippen molar-refractivity contribution in [2.24, 2.45) is 5.92 Å². The monoisotopic (exact) mass is 267 g/mol. The summed E-state index contributed by atoms with van der Waals surface area (Å²) >= 11 is 0. The van der Waals surface area contributed by atoms with Gasteiger partial charge in [-0.1, -0.05) is 12.1 Å². The van der Waals surface area contributed by atoms with Crippen molar-refractivity contribution in [1.29, 1.82) is 0 Å². The average molecular weight is 267 g/mol. The minimum atomic E-state index is 0.671. The molecule has 0 unspecified atom stereocenters. The van der Waals surface area contributed by atoms with Gasteiger partial charge in [-0.05, 0) is 43.4 Å². The molecule has 0 N–H and O–H groups in total. The number of aromatic nitrogens is 3. The molecule has 1 aliphatic rings. The highest BCUT2D eigenvalue weighted by molar-refractivity contribution is 5.70. The van der Waals surface area contributed by atoms with Crippen LogP contribution in [0, 0.1) is 12.8 Å². The van der Waals surface area contributed by atoms with Crippen molar-refractivity contribution in [3.05, 3.63) is 47.7 Å². The van der Waals surface area contributed by atoms with Gasteiger partial charge in [0.1, 0.15) is 5.82 Å². The molecule has 1 saturated carbocycles. The molecule has 4 nitrogen and oxygen atoms in total. The zero-order valence-corrected chi connectivity index (χ0v) is 11.5. The fourth-order valence-corrected chi connectivity index (χ4v) is 1.83. The third-order valence-corrected chi connectivity index (χ3v) is 3.19. The van der Waals surface area contributed by atoms with Gasteiger partial charge in [0, 0.05) is 18.6 Å². The van der Waals surface area contributed by atoms with Gasteiger partial charge in [-0.3, -0.25) is 4.98 Å². The van der Waals surface area contributed by atoms with Gasteiger partial charge in [0.25, 0.3) is 0 Å². The Morgan fingerprint density at radius 2 is 2.20 bits per heavy atom. The van der Waals surface area contributed by atoms with Crippen LogP contribution in [0.4, 0.5) is 0 Å². The zero-order valence-electron chi connectivity index (χ0n) is 11.5. The minimum Gasteiger partial charge on any atom is -0.477 e. The van der Waals surface area contributed by atoms with Crippen LogP contribution in [0.3, 0.4) is 0 Å². The molecular weight excluding hydrogens is 250 g/mol. The maximum absolute atomic E-state index is 5.81. The van der Waals surface area contributed by atoms with E-state index in [4.69, 9.17) is 4.74 Å². The van der Waals surface area contributed by atoms with E-state index in [9.17, 15) is 0 Å². The van der Waals surface area contributed by atoms with Crippen molar-refractivity contribution in [2.75, 3.05) is 6.61 Å². The molecular formula is C16H17N3O. The minimum absolute atomic E-state index is 0.671. The molecule has 0 spiro atoms. The van der Waals surface area contributed by atoms with Gasteiger partial charge in [-0.2, -0.15) is 4.98 Å². The van der Waals surface area contributed by atoms with Gasteiger partial charge in [-0.15, -0.1) is 0 Å². The summed E-state index contributed by atoms with van der Waals surface area (Å²) in [7, 11) is 0. The predicted octanol–water partition coefficient (Wildman–Crippen LogP) is 3.14. The zero-order chi connectivity index (χ0) is 13.8. The van der Waals surface area contributed by atoms with Gasteiger partial charge in [0.05, 0.1) is 12.2 Å². The van der Waals surface area contributed by atoms with E-state index in [1.54, 1.807) is 12.4 Å². The summed E-state index contributed by atoms with van der Waals surface area (Å²) < 4.78 is 5.81. The SMILES string of the molecule is Cc1ncc(/C=C/c2cccnc2)c(OCC2CC2)n1. The summed E-state index contributed by atoms with van der Waals surface area (Å²) in [5, 5.41) is 0. The molecule has 0 atom stereocenters. The van der Waals surface area contributed by atoms with Crippen LogP contribution >= 0.6 is 0 Å². The van der Waals surface area contributed by atoms with Crippen molar-refractivity contribution >= 4 is 12.2 Å². The number of hydrogen-bond donors (Lipinski definition) is 0. The van der Waals surface area contributed by atoms with Gasteiger partial charge in [0.2, 0.25) is 5.88 Å². The second-order valence-electron chi connectivity index (χ2n) is 5.05. The topological polar surface area (TPSA) is 47.9 Å². The number of hydrogen-bond acceptors (Lipinski definition) is 4. The summed E-state index contributed by atoms with van der Waals surface area (Å²) in [6.07, 6.45) is 11.9. The fourth-order valence-electron chi connectivity index (χ4n) is 1.83. The Kier molecular flexibility index (Phi) is 3.72. The summed E-state index contributed by atoms with van der Waals surface area (Å²) in [6.45, 7) is 2.63. The Hall–Kier alpha value is -2.23. The lowest BCUT2D eigenvalue weighted by atomic mass is 10.2. The molecule has 102 valence electrons.